The molecule has 0 radical (unpaired) electrons. The second kappa shape index (κ2) is 23.6. The fraction of sp³-hybridized carbons (Fsp3) is 0.825. The molecule has 436 valence electrons. The molecule has 0 spiro atoms. The number of aliphatic hydroxyl groups is 6. The number of rotatable bonds is 6. The predicted octanol–water partition coefficient (Wildman–Crippen LogP) is 10.4. The van der Waals surface area contributed by atoms with Crippen molar-refractivity contribution in [3.63, 3.8) is 0 Å². The number of halogens is 3. The lowest BCUT2D eigenvalue weighted by Crippen LogP contribution is -2.55. The van der Waals surface area contributed by atoms with Crippen LogP contribution in [0.25, 0.3) is 0 Å². The Balaban J connectivity index is 0.000000132. The maximum absolute atomic E-state index is 11.9. The van der Waals surface area contributed by atoms with Crippen LogP contribution in [0.1, 0.15) is 157 Å². The normalized spacial score (nSPS) is 50.9. The zero-order valence-corrected chi connectivity index (χ0v) is 51.7. The van der Waals surface area contributed by atoms with Gasteiger partial charge in [0.2, 0.25) is 0 Å². The van der Waals surface area contributed by atoms with Crippen LogP contribution in [0.15, 0.2) is 47.6 Å². The number of carbonyl (C=O) groups is 3. The van der Waals surface area contributed by atoms with E-state index in [1.807, 2.05) is 45.1 Å². The molecule has 0 aliphatic heterocycles. The lowest BCUT2D eigenvalue weighted by molar-refractivity contribution is -0.156. The number of alkyl halides is 3. The third-order valence-electron chi connectivity index (χ3n) is 23.4. The number of fused-ring (bicyclic) bond motifs is 15. The van der Waals surface area contributed by atoms with E-state index in [4.69, 9.17) is 14.2 Å². The van der Waals surface area contributed by atoms with E-state index in [2.05, 4.69) is 80.7 Å². The van der Waals surface area contributed by atoms with Gasteiger partial charge in [-0.15, -0.1) is 0 Å². The summed E-state index contributed by atoms with van der Waals surface area (Å²) in [4.78, 5) is 36.2. The highest BCUT2D eigenvalue weighted by Gasteiger charge is 2.63. The van der Waals surface area contributed by atoms with Crippen molar-refractivity contribution < 1.29 is 59.2 Å². The van der Waals surface area contributed by atoms with Gasteiger partial charge in [-0.25, -0.2) is 0 Å². The molecule has 0 heterocycles. The van der Waals surface area contributed by atoms with Crippen molar-refractivity contribution in [2.24, 2.45) is 93.2 Å². The van der Waals surface area contributed by atoms with Gasteiger partial charge in [0.1, 0.15) is 18.3 Å². The lowest BCUT2D eigenvalue weighted by atomic mass is 9.48. The zero-order valence-electron chi connectivity index (χ0n) is 46.9. The average Bonchev–Trinajstić information content (AvgIpc) is 4.10. The summed E-state index contributed by atoms with van der Waals surface area (Å²) in [5.74, 6) is 4.26. The number of ether oxygens (including phenoxy) is 3. The number of carbonyl (C=O) groups excluding carboxylic acids is 3. The molecule has 0 aromatic rings. The van der Waals surface area contributed by atoms with Gasteiger partial charge in [0.25, 0.3) is 0 Å². The smallest absolute Gasteiger partial charge is 0.305 e. The van der Waals surface area contributed by atoms with Crippen LogP contribution >= 0.6 is 47.8 Å². The first-order chi connectivity index (χ1) is 37.0. The Morgan fingerprint density at radius 3 is 1.49 bits per heavy atom. The second-order valence-electron chi connectivity index (χ2n) is 27.1. The maximum Gasteiger partial charge on any atom is 0.305 e. The van der Waals surface area contributed by atoms with Crippen molar-refractivity contribution in [2.75, 3.05) is 0 Å². The molecule has 12 nitrogen and oxygen atoms in total. The van der Waals surface area contributed by atoms with Crippen molar-refractivity contribution in [3.8, 4) is 0 Å². The van der Waals surface area contributed by atoms with Crippen molar-refractivity contribution >= 4 is 65.7 Å². The Morgan fingerprint density at radius 1 is 0.513 bits per heavy atom. The molecule has 15 heteroatoms. The molecule has 12 rings (SSSR count). The summed E-state index contributed by atoms with van der Waals surface area (Å²) < 4.78 is 17.4. The molecule has 9 saturated carbocycles. The fourth-order valence-corrected chi connectivity index (χ4v) is 22.5. The van der Waals surface area contributed by atoms with Crippen molar-refractivity contribution in [1.29, 1.82) is 0 Å². The Kier molecular flexibility index (Phi) is 18.0. The molecule has 10 unspecified atom stereocenters. The SMILES string of the molecule is CCC(=O)O[C@H]1[C@H](Br)CC2C3C(CC[C@@H]21)[C@@]1(C)C=C[C@H](O)C=C1C[C@@H]3O.CCC(=O)O[C@H]1[C@H](Br)CC2C3C(CC[C@@H]21)[C@@]1(C)C=C[C@H](O)CC1C[C@@H]3O.CCC(=O)O[C@H]1[C@H](Br)CC2C3C(CC[C@@H]21)[C@@]1(C)CC[C@H](O)C=C1C[C@@H]3O. The molecule has 78 heavy (non-hydrogen) atoms. The summed E-state index contributed by atoms with van der Waals surface area (Å²) in [7, 11) is 0. The number of aliphatic hydroxyl groups excluding tert-OH is 6. The summed E-state index contributed by atoms with van der Waals surface area (Å²) in [6.07, 6.45) is 24.8. The van der Waals surface area contributed by atoms with Gasteiger partial charge < -0.3 is 44.8 Å². The van der Waals surface area contributed by atoms with E-state index < -0.39 is 6.10 Å². The molecule has 0 saturated heterocycles. The standard InChI is InChI=1S/2C21H31BrO4.C21H29BrO4/c3*1-3-18(25)26-20-13-4-5-15-19(14(13)10-16(20)22)17(24)9-11-8-12(23)6-7-21(11,15)2/h8,12-17,19-20,23-24H,3-7,9-10H2,1-2H3;6-7,11-17,19-20,23-24H,3-5,8-10H2,1-2H3;6-8,12-17,19-20,23-24H,3-5,9-10H2,1-2H3/t12-,13-,14?,15?,16+,17-,19?,20+,21-;11?,12-,13-,14?,15?,16+,17-,19?,20+,21-;12-,13-,14?,15?,16+,17-,19?,20+,21-/m000/s1. The third-order valence-corrected chi connectivity index (χ3v) is 26.1. The zero-order chi connectivity index (χ0) is 55.9. The molecular formula is C63H91Br3O12. The molecule has 12 aliphatic carbocycles. The summed E-state index contributed by atoms with van der Waals surface area (Å²) in [5.41, 5.74) is 2.55. The number of allylic oxidation sites excluding steroid dienone is 2. The second-order valence-corrected chi connectivity index (χ2v) is 30.6. The maximum atomic E-state index is 11.9. The van der Waals surface area contributed by atoms with Gasteiger partial charge in [0.15, 0.2) is 0 Å². The third kappa shape index (κ3) is 10.8. The van der Waals surface area contributed by atoms with E-state index >= 15 is 0 Å². The van der Waals surface area contributed by atoms with Gasteiger partial charge in [-0.3, -0.25) is 14.4 Å². The lowest BCUT2D eigenvalue weighted by Gasteiger charge is -2.58. The van der Waals surface area contributed by atoms with Gasteiger partial charge in [0, 0.05) is 42.4 Å². The number of hydrogen-bond acceptors (Lipinski definition) is 12. The van der Waals surface area contributed by atoms with Crippen molar-refractivity contribution in [1.82, 2.24) is 0 Å². The van der Waals surface area contributed by atoms with Gasteiger partial charge >= 0.3 is 17.9 Å². The molecule has 0 aromatic carbocycles. The van der Waals surface area contributed by atoms with Gasteiger partial charge in [-0.2, -0.15) is 0 Å². The summed E-state index contributed by atoms with van der Waals surface area (Å²) >= 11 is 11.3. The van der Waals surface area contributed by atoms with Crippen LogP contribution in [0.5, 0.6) is 0 Å². The summed E-state index contributed by atoms with van der Waals surface area (Å²) in [5, 5.41) is 63.2. The van der Waals surface area contributed by atoms with Crippen LogP contribution in [-0.4, -0.2) is 118 Å². The first kappa shape index (κ1) is 59.7. The Hall–Kier alpha value is -1.43. The highest BCUT2D eigenvalue weighted by atomic mass is 79.9. The largest absolute Gasteiger partial charge is 0.461 e. The van der Waals surface area contributed by atoms with E-state index in [9.17, 15) is 45.0 Å². The monoisotopic (exact) mass is 1280 g/mol. The van der Waals surface area contributed by atoms with Crippen LogP contribution in [0.2, 0.25) is 0 Å². The molecule has 0 amide bonds. The minimum absolute atomic E-state index is 0.0569. The number of esters is 3. The fourth-order valence-electron chi connectivity index (χ4n) is 19.7. The minimum Gasteiger partial charge on any atom is -0.461 e. The quantitative estimate of drug-likeness (QED) is 0.0637. The van der Waals surface area contributed by atoms with Crippen LogP contribution in [0.4, 0.5) is 0 Å². The Bertz CT molecular complexity index is 2270. The summed E-state index contributed by atoms with van der Waals surface area (Å²) in [6, 6.07) is 0. The molecule has 0 bridgehead atoms. The van der Waals surface area contributed by atoms with Crippen LogP contribution < -0.4 is 0 Å². The van der Waals surface area contributed by atoms with E-state index in [1.165, 1.54) is 11.1 Å². The average molecular weight is 1280 g/mol. The molecule has 6 N–H and O–H groups in total. The van der Waals surface area contributed by atoms with E-state index in [1.54, 1.807) is 0 Å². The molecule has 28 atom stereocenters. The molecule has 0 aromatic heterocycles. The Labute approximate surface area is 489 Å². The van der Waals surface area contributed by atoms with E-state index in [0.29, 0.717) is 91.3 Å². The molecule has 12 aliphatic rings. The van der Waals surface area contributed by atoms with Gasteiger partial charge in [-0.05, 0) is 166 Å². The highest BCUT2D eigenvalue weighted by molar-refractivity contribution is 9.10. The summed E-state index contributed by atoms with van der Waals surface area (Å²) in [6.45, 7) is 12.5. The van der Waals surface area contributed by atoms with Crippen LogP contribution in [0, 0.1) is 93.2 Å². The van der Waals surface area contributed by atoms with Gasteiger partial charge in [0.05, 0.1) is 51.1 Å². The van der Waals surface area contributed by atoms with Gasteiger partial charge in [-0.1, -0.05) is 137 Å². The number of hydrogen-bond donors (Lipinski definition) is 6. The first-order valence-electron chi connectivity index (χ1n) is 30.4. The van der Waals surface area contributed by atoms with E-state index in [0.717, 1.165) is 83.5 Å². The van der Waals surface area contributed by atoms with E-state index in [-0.39, 0.29) is 115 Å². The van der Waals surface area contributed by atoms with Crippen LogP contribution in [-0.2, 0) is 28.6 Å². The van der Waals surface area contributed by atoms with Crippen molar-refractivity contribution in [3.05, 3.63) is 47.6 Å². The predicted molar refractivity (Wildman–Crippen MR) is 308 cm³/mol. The topological polar surface area (TPSA) is 200 Å². The molecular weight excluding hydrogens is 1190 g/mol. The Morgan fingerprint density at radius 2 is 0.974 bits per heavy atom. The first-order valence-corrected chi connectivity index (χ1v) is 33.2. The highest BCUT2D eigenvalue weighted by Crippen LogP contribution is 2.66. The molecule has 9 fully saturated rings. The minimum atomic E-state index is -0.533. The van der Waals surface area contributed by atoms with Crippen LogP contribution in [0.3, 0.4) is 0 Å². The van der Waals surface area contributed by atoms with Crippen molar-refractivity contribution in [2.45, 2.75) is 227 Å².